The summed E-state index contributed by atoms with van der Waals surface area (Å²) in [7, 11) is -3.56. The van der Waals surface area contributed by atoms with Gasteiger partial charge in [0.1, 0.15) is 11.3 Å². The molecule has 3 aromatic rings. The first-order valence-electron chi connectivity index (χ1n) is 10.7. The van der Waals surface area contributed by atoms with Gasteiger partial charge in [0.25, 0.3) is 0 Å². The molecule has 1 aromatic heterocycles. The second kappa shape index (κ2) is 9.24. The summed E-state index contributed by atoms with van der Waals surface area (Å²) in [6.07, 6.45) is 3.76. The zero-order valence-corrected chi connectivity index (χ0v) is 18.4. The Morgan fingerprint density at radius 2 is 1.77 bits per heavy atom. The van der Waals surface area contributed by atoms with Gasteiger partial charge in [-0.2, -0.15) is 4.31 Å². The predicted molar refractivity (Wildman–Crippen MR) is 120 cm³/mol. The van der Waals surface area contributed by atoms with Crippen LogP contribution < -0.4 is 10.4 Å². The first-order chi connectivity index (χ1) is 15.0. The van der Waals surface area contributed by atoms with Gasteiger partial charge in [-0.15, -0.1) is 0 Å². The number of ether oxygens (including phenoxy) is 1. The fraction of sp³-hybridized carbons (Fsp3) is 0.375. The minimum Gasteiger partial charge on any atom is -0.494 e. The minimum atomic E-state index is -3.56. The average Bonchev–Trinajstić information content (AvgIpc) is 2.78. The Balaban J connectivity index is 1.35. The maximum atomic E-state index is 13.1. The molecule has 1 aliphatic rings. The standard InChI is InChI=1S/C24H27NO5S/c1-2-29-21-8-5-18(6-9-21)3-4-19-13-15-25(16-14-19)31(27,28)22-10-11-23-20(17-22)7-12-24(26)30-23/h5-12,17,19H,2-4,13-16H2,1H3. The summed E-state index contributed by atoms with van der Waals surface area (Å²) in [6.45, 7) is 3.69. The largest absolute Gasteiger partial charge is 0.494 e. The van der Waals surface area contributed by atoms with Crippen LogP contribution in [-0.2, 0) is 16.4 Å². The second-order valence-electron chi connectivity index (χ2n) is 7.92. The number of fused-ring (bicyclic) bond motifs is 1. The van der Waals surface area contributed by atoms with Gasteiger partial charge < -0.3 is 9.15 Å². The molecule has 0 atom stereocenters. The van der Waals surface area contributed by atoms with E-state index in [1.54, 1.807) is 22.5 Å². The number of nitrogens with zero attached hydrogens (tertiary/aromatic N) is 1. The quantitative estimate of drug-likeness (QED) is 0.513. The molecule has 6 nitrogen and oxygen atoms in total. The van der Waals surface area contributed by atoms with Gasteiger partial charge >= 0.3 is 5.63 Å². The van der Waals surface area contributed by atoms with Crippen LogP contribution in [0.1, 0.15) is 31.7 Å². The summed E-state index contributed by atoms with van der Waals surface area (Å²) in [4.78, 5) is 11.6. The Kier molecular flexibility index (Phi) is 6.43. The second-order valence-corrected chi connectivity index (χ2v) is 9.86. The monoisotopic (exact) mass is 441 g/mol. The van der Waals surface area contributed by atoms with Crippen molar-refractivity contribution >= 4 is 21.0 Å². The number of sulfonamides is 1. The van der Waals surface area contributed by atoms with E-state index in [0.29, 0.717) is 36.6 Å². The molecule has 1 aliphatic heterocycles. The van der Waals surface area contributed by atoms with E-state index in [1.165, 1.54) is 17.7 Å². The van der Waals surface area contributed by atoms with Crippen molar-refractivity contribution in [2.24, 2.45) is 5.92 Å². The van der Waals surface area contributed by atoms with Gasteiger partial charge in [0.05, 0.1) is 11.5 Å². The highest BCUT2D eigenvalue weighted by molar-refractivity contribution is 7.89. The van der Waals surface area contributed by atoms with Crippen LogP contribution in [0.4, 0.5) is 0 Å². The SMILES string of the molecule is CCOc1ccc(CCC2CCN(S(=O)(=O)c3ccc4oc(=O)ccc4c3)CC2)cc1. The minimum absolute atomic E-state index is 0.238. The number of piperidine rings is 1. The Morgan fingerprint density at radius 1 is 1.03 bits per heavy atom. The number of benzene rings is 2. The van der Waals surface area contributed by atoms with Crippen LogP contribution in [0.5, 0.6) is 5.75 Å². The molecular weight excluding hydrogens is 414 g/mol. The molecule has 164 valence electrons. The fourth-order valence-electron chi connectivity index (χ4n) is 4.09. The predicted octanol–water partition coefficient (Wildman–Crippen LogP) is 4.23. The van der Waals surface area contributed by atoms with Crippen molar-refractivity contribution in [2.45, 2.75) is 37.5 Å². The normalized spacial score (nSPS) is 15.9. The van der Waals surface area contributed by atoms with E-state index in [0.717, 1.165) is 31.4 Å². The molecule has 0 saturated carbocycles. The van der Waals surface area contributed by atoms with Crippen molar-refractivity contribution in [3.63, 3.8) is 0 Å². The van der Waals surface area contributed by atoms with E-state index in [-0.39, 0.29) is 4.90 Å². The lowest BCUT2D eigenvalue weighted by atomic mass is 9.91. The molecule has 2 aromatic carbocycles. The highest BCUT2D eigenvalue weighted by Gasteiger charge is 2.29. The summed E-state index contributed by atoms with van der Waals surface area (Å²) in [6, 6.07) is 15.7. The van der Waals surface area contributed by atoms with Crippen LogP contribution in [0.25, 0.3) is 11.0 Å². The topological polar surface area (TPSA) is 76.8 Å². The van der Waals surface area contributed by atoms with Crippen molar-refractivity contribution in [1.29, 1.82) is 0 Å². The number of hydrogen-bond donors (Lipinski definition) is 0. The van der Waals surface area contributed by atoms with Gasteiger partial charge in [-0.25, -0.2) is 13.2 Å². The Hall–Kier alpha value is -2.64. The van der Waals surface area contributed by atoms with Gasteiger partial charge in [0.15, 0.2) is 0 Å². The molecule has 7 heteroatoms. The van der Waals surface area contributed by atoms with Crippen molar-refractivity contribution in [3.05, 3.63) is 70.6 Å². The maximum Gasteiger partial charge on any atom is 0.336 e. The Bertz CT molecular complexity index is 1190. The lowest BCUT2D eigenvalue weighted by Gasteiger charge is -2.31. The zero-order valence-electron chi connectivity index (χ0n) is 17.6. The molecule has 0 amide bonds. The van der Waals surface area contributed by atoms with Crippen molar-refractivity contribution < 1.29 is 17.6 Å². The first kappa shape index (κ1) is 21.6. The van der Waals surface area contributed by atoms with Crippen LogP contribution in [0, 0.1) is 5.92 Å². The Labute approximate surface area is 182 Å². The molecule has 1 fully saturated rings. The zero-order chi connectivity index (χ0) is 21.8. The van der Waals surface area contributed by atoms with Gasteiger partial charge in [0.2, 0.25) is 10.0 Å². The summed E-state index contributed by atoms with van der Waals surface area (Å²) in [5, 5.41) is 0.603. The lowest BCUT2D eigenvalue weighted by molar-refractivity contribution is 0.263. The van der Waals surface area contributed by atoms with Crippen LogP contribution in [-0.4, -0.2) is 32.4 Å². The number of rotatable bonds is 7. The molecule has 0 spiro atoms. The number of hydrogen-bond acceptors (Lipinski definition) is 5. The summed E-state index contributed by atoms with van der Waals surface area (Å²) >= 11 is 0. The van der Waals surface area contributed by atoms with E-state index in [1.807, 2.05) is 19.1 Å². The molecular formula is C24H27NO5S. The fourth-order valence-corrected chi connectivity index (χ4v) is 5.59. The van der Waals surface area contributed by atoms with Crippen LogP contribution in [0.2, 0.25) is 0 Å². The van der Waals surface area contributed by atoms with E-state index < -0.39 is 15.6 Å². The molecule has 0 N–H and O–H groups in total. The lowest BCUT2D eigenvalue weighted by Crippen LogP contribution is -2.38. The molecule has 2 heterocycles. The maximum absolute atomic E-state index is 13.1. The van der Waals surface area contributed by atoms with Crippen molar-refractivity contribution in [1.82, 2.24) is 4.31 Å². The first-order valence-corrected chi connectivity index (χ1v) is 12.2. The summed E-state index contributed by atoms with van der Waals surface area (Å²) in [5.41, 5.74) is 1.22. The molecule has 31 heavy (non-hydrogen) atoms. The van der Waals surface area contributed by atoms with E-state index >= 15 is 0 Å². The number of aryl methyl sites for hydroxylation is 1. The van der Waals surface area contributed by atoms with E-state index in [4.69, 9.17) is 9.15 Å². The van der Waals surface area contributed by atoms with Crippen LogP contribution >= 0.6 is 0 Å². The van der Waals surface area contributed by atoms with E-state index in [2.05, 4.69) is 12.1 Å². The Morgan fingerprint density at radius 3 is 2.48 bits per heavy atom. The molecule has 0 radical (unpaired) electrons. The molecule has 4 rings (SSSR count). The summed E-state index contributed by atoms with van der Waals surface area (Å²) in [5.74, 6) is 1.41. The van der Waals surface area contributed by atoms with Crippen LogP contribution in [0.15, 0.2) is 68.7 Å². The third kappa shape index (κ3) is 4.99. The van der Waals surface area contributed by atoms with Gasteiger partial charge in [-0.3, -0.25) is 0 Å². The van der Waals surface area contributed by atoms with E-state index in [9.17, 15) is 13.2 Å². The third-order valence-corrected chi connectivity index (χ3v) is 7.77. The van der Waals surface area contributed by atoms with Crippen LogP contribution in [0.3, 0.4) is 0 Å². The summed E-state index contributed by atoms with van der Waals surface area (Å²) < 4.78 is 38.3. The molecule has 0 unspecified atom stereocenters. The molecule has 0 aliphatic carbocycles. The average molecular weight is 442 g/mol. The highest BCUT2D eigenvalue weighted by Crippen LogP contribution is 2.28. The van der Waals surface area contributed by atoms with Crippen molar-refractivity contribution in [3.8, 4) is 5.75 Å². The van der Waals surface area contributed by atoms with Gasteiger partial charge in [0, 0.05) is 24.5 Å². The smallest absolute Gasteiger partial charge is 0.336 e. The van der Waals surface area contributed by atoms with Gasteiger partial charge in [-0.05, 0) is 80.5 Å². The molecule has 0 bridgehead atoms. The van der Waals surface area contributed by atoms with Gasteiger partial charge in [-0.1, -0.05) is 12.1 Å². The van der Waals surface area contributed by atoms with Crippen molar-refractivity contribution in [2.75, 3.05) is 19.7 Å². The molecule has 1 saturated heterocycles. The highest BCUT2D eigenvalue weighted by atomic mass is 32.2. The third-order valence-electron chi connectivity index (χ3n) is 5.88.